The van der Waals surface area contributed by atoms with E-state index in [1.54, 1.807) is 0 Å². The molecule has 0 aromatic heterocycles. The molecule has 0 N–H and O–H groups in total. The van der Waals surface area contributed by atoms with Crippen LogP contribution >= 0.6 is 0 Å². The maximum atomic E-state index is 6.50. The second-order valence-corrected chi connectivity index (χ2v) is 0. The summed E-state index contributed by atoms with van der Waals surface area (Å²) in [6.45, 7) is 21.0. The Kier molecular flexibility index (Phi) is 70700. The van der Waals surface area contributed by atoms with E-state index in [2.05, 4.69) is 39.4 Å². The van der Waals surface area contributed by atoms with Crippen LogP contribution in [0.3, 0.4) is 0 Å². The van der Waals surface area contributed by atoms with Gasteiger partial charge < -0.3 is 1.43 Å². The molecule has 0 aliphatic heterocycles. The van der Waals surface area contributed by atoms with E-state index in [0.717, 1.165) is 0 Å². The molecule has 0 aliphatic rings. The molecular weight excluding hydrogens is 353 g/mol. The maximum absolute atomic E-state index is 6.50. The molecule has 0 spiro atoms. The zero-order valence-corrected chi connectivity index (χ0v) is 13.4. The fraction of sp³-hybridized carbons (Fsp3) is 0. The molecule has 0 unspecified atom stereocenters. The standard InChI is InChI=1S/6CHN.Cu.Fe.Mn.Na.H/c6*1-2;;;;;/h6*1H;;;;;/q;;;;;;;;;+1;-1. The molecule has 0 saturated heterocycles. The summed E-state index contributed by atoms with van der Waals surface area (Å²) in [4.78, 5) is 0. The molecular formula is C6H7CuFeMnN6Na. The third-order valence-electron chi connectivity index (χ3n) is 0. The third-order valence-corrected chi connectivity index (χ3v) is 0. The molecule has 0 atom stereocenters. The summed E-state index contributed by atoms with van der Waals surface area (Å²) in [7, 11) is 0. The second kappa shape index (κ2) is 10500. The topological polar surface area (TPSA) is 143 Å². The normalized spacial score (nSPS) is 0.750. The molecule has 6 nitrogen and oxygen atoms in total. The zero-order valence-electron chi connectivity index (χ0n) is 9.18. The Balaban J connectivity index is -0.00000000267. The quantitative estimate of drug-likeness (QED) is 0.455. The van der Waals surface area contributed by atoms with E-state index in [1.165, 1.54) is 0 Å². The minimum atomic E-state index is 0. The van der Waals surface area contributed by atoms with Crippen molar-refractivity contribution in [2.24, 2.45) is 0 Å². The van der Waals surface area contributed by atoms with Gasteiger partial charge in [-0.2, -0.15) is 0 Å². The van der Waals surface area contributed by atoms with Crippen molar-refractivity contribution in [3.8, 4) is 39.4 Å². The van der Waals surface area contributed by atoms with Crippen molar-refractivity contribution in [3.05, 3.63) is 0 Å². The van der Waals surface area contributed by atoms with Gasteiger partial charge in [0.2, 0.25) is 0 Å². The van der Waals surface area contributed by atoms with Gasteiger partial charge >= 0.3 is 29.6 Å². The van der Waals surface area contributed by atoms with E-state index >= 15 is 0 Å². The number of hydrogen-bond donors (Lipinski definition) is 0. The van der Waals surface area contributed by atoms with E-state index in [9.17, 15) is 0 Å². The first kappa shape index (κ1) is 108. The Hall–Kier alpha value is -0.502. The van der Waals surface area contributed by atoms with Crippen LogP contribution in [0, 0.1) is 71.0 Å². The molecule has 0 heterocycles. The molecule has 0 fully saturated rings. The summed E-state index contributed by atoms with van der Waals surface area (Å²) >= 11 is 0. The maximum Gasteiger partial charge on any atom is 1.00 e. The van der Waals surface area contributed by atoms with Gasteiger partial charge in [0.15, 0.2) is 0 Å². The van der Waals surface area contributed by atoms with Crippen molar-refractivity contribution < 1.29 is 82.2 Å². The van der Waals surface area contributed by atoms with Crippen molar-refractivity contribution >= 4 is 0 Å². The van der Waals surface area contributed by atoms with Gasteiger partial charge in [-0.05, 0) is 0 Å². The summed E-state index contributed by atoms with van der Waals surface area (Å²) in [5.41, 5.74) is 0. The number of nitrogens with zero attached hydrogens (tertiary/aromatic N) is 6. The molecule has 16 heavy (non-hydrogen) atoms. The Bertz CT molecular complexity index is 114. The van der Waals surface area contributed by atoms with Gasteiger partial charge in [-0.15, -0.1) is 0 Å². The van der Waals surface area contributed by atoms with E-state index in [4.69, 9.17) is 31.6 Å². The number of rotatable bonds is 0. The molecule has 0 aromatic carbocycles. The first-order chi connectivity index (χ1) is 6.00. The number of nitriles is 6. The molecule has 0 saturated carbocycles. The van der Waals surface area contributed by atoms with E-state index in [-0.39, 0.29) is 82.2 Å². The van der Waals surface area contributed by atoms with Crippen LogP contribution in [-0.4, -0.2) is 0 Å². The smallest absolute Gasteiger partial charge is 1.00 e. The van der Waals surface area contributed by atoms with Crippen LogP contribution in [0.4, 0.5) is 0 Å². The molecule has 0 aliphatic carbocycles. The van der Waals surface area contributed by atoms with Crippen molar-refractivity contribution in [3.63, 3.8) is 0 Å². The zero-order chi connectivity index (χ0) is 12.0. The van der Waals surface area contributed by atoms with Crippen molar-refractivity contribution in [2.45, 2.75) is 0 Å². The largest absolute Gasteiger partial charge is 1.00 e. The van der Waals surface area contributed by atoms with Crippen LogP contribution in [0.1, 0.15) is 1.43 Å². The summed E-state index contributed by atoms with van der Waals surface area (Å²) in [6.07, 6.45) is 0. The van der Waals surface area contributed by atoms with Gasteiger partial charge in [-0.1, -0.05) is 0 Å². The van der Waals surface area contributed by atoms with Gasteiger partial charge in [-0.25, -0.2) is 31.6 Å². The monoisotopic (exact) mass is 360 g/mol. The average molecular weight is 360 g/mol. The van der Waals surface area contributed by atoms with Crippen molar-refractivity contribution in [2.75, 3.05) is 0 Å². The Morgan fingerprint density at radius 3 is 0.500 bits per heavy atom. The summed E-state index contributed by atoms with van der Waals surface area (Å²) in [5, 5.41) is 39.0. The van der Waals surface area contributed by atoms with Crippen molar-refractivity contribution in [1.82, 2.24) is 0 Å². The first-order valence-electron chi connectivity index (χ1n) is 1.55. The molecule has 0 bridgehead atoms. The van der Waals surface area contributed by atoms with Crippen LogP contribution in [0.5, 0.6) is 0 Å². The first-order valence-corrected chi connectivity index (χ1v) is 1.55. The molecule has 10 heteroatoms. The fourth-order valence-corrected chi connectivity index (χ4v) is 0. The second-order valence-electron chi connectivity index (χ2n) is 0. The van der Waals surface area contributed by atoms with Gasteiger partial charge in [-0.3, -0.25) is 0 Å². The van der Waals surface area contributed by atoms with Gasteiger partial charge in [0.1, 0.15) is 0 Å². The van der Waals surface area contributed by atoms with Gasteiger partial charge in [0, 0.05) is 90.6 Å². The minimum absolute atomic E-state index is 0. The van der Waals surface area contributed by atoms with Gasteiger partial charge in [0.25, 0.3) is 0 Å². The molecule has 88 valence electrons. The predicted molar refractivity (Wildman–Crippen MR) is 41.1 cm³/mol. The van der Waals surface area contributed by atoms with Crippen LogP contribution < -0.4 is 29.6 Å². The summed E-state index contributed by atoms with van der Waals surface area (Å²) in [5.74, 6) is 0. The Morgan fingerprint density at radius 2 is 0.500 bits per heavy atom. The summed E-state index contributed by atoms with van der Waals surface area (Å²) in [6, 6.07) is 0. The molecule has 0 rings (SSSR count). The average Bonchev–Trinajstić information content (AvgIpc) is 2.33. The molecule has 0 amide bonds. The predicted octanol–water partition coefficient (Wildman–Crippen LogP) is -2.05. The van der Waals surface area contributed by atoms with Gasteiger partial charge in [0.05, 0.1) is 0 Å². The fourth-order valence-electron chi connectivity index (χ4n) is 0. The Morgan fingerprint density at radius 1 is 0.500 bits per heavy atom. The summed E-state index contributed by atoms with van der Waals surface area (Å²) < 4.78 is 0. The van der Waals surface area contributed by atoms with E-state index in [0.29, 0.717) is 0 Å². The SMILES string of the molecule is C#N.C#N.C#N.C#N.C#N.C#N.[Cu].[Fe].[H-].[Mn].[Na+]. The Labute approximate surface area is 152 Å². The van der Waals surface area contributed by atoms with Crippen LogP contribution in [0.15, 0.2) is 0 Å². The third kappa shape index (κ3) is 8380. The van der Waals surface area contributed by atoms with Crippen LogP contribution in [0.2, 0.25) is 0 Å². The van der Waals surface area contributed by atoms with E-state index in [1.807, 2.05) is 0 Å². The van der Waals surface area contributed by atoms with Crippen LogP contribution in [0.25, 0.3) is 0 Å². The van der Waals surface area contributed by atoms with Crippen LogP contribution in [-0.2, 0) is 51.2 Å². The minimum Gasteiger partial charge on any atom is -1.00 e. The van der Waals surface area contributed by atoms with E-state index < -0.39 is 0 Å². The molecule has 0 aromatic rings. The molecule has 2 radical (unpaired) electrons. The van der Waals surface area contributed by atoms with Crippen molar-refractivity contribution in [1.29, 1.82) is 31.6 Å². The number of hydrogen-bond acceptors (Lipinski definition) is 6.